The molecule has 3 rings (SSSR count). The Morgan fingerprint density at radius 1 is 0.864 bits per heavy atom. The predicted octanol–water partition coefficient (Wildman–Crippen LogP) is 2.98. The van der Waals surface area contributed by atoms with Crippen LogP contribution < -0.4 is 11.1 Å². The van der Waals surface area contributed by atoms with Crippen LogP contribution in [0.1, 0.15) is 10.4 Å². The van der Waals surface area contributed by atoms with Crippen LogP contribution in [-0.2, 0) is 0 Å². The third-order valence-corrected chi connectivity index (χ3v) is 3.26. The highest BCUT2D eigenvalue weighted by molar-refractivity contribution is 6.05. The van der Waals surface area contributed by atoms with Gasteiger partial charge in [-0.3, -0.25) is 14.8 Å². The fourth-order valence-electron chi connectivity index (χ4n) is 2.06. The topological polar surface area (TPSA) is 80.9 Å². The highest BCUT2D eigenvalue weighted by Gasteiger charge is 2.08. The second kappa shape index (κ2) is 6.05. The highest BCUT2D eigenvalue weighted by atomic mass is 16.1. The molecular formula is C17H14N4O. The third kappa shape index (κ3) is 2.93. The molecule has 3 N–H and O–H groups in total. The summed E-state index contributed by atoms with van der Waals surface area (Å²) in [6, 6.07) is 12.8. The van der Waals surface area contributed by atoms with Gasteiger partial charge < -0.3 is 11.1 Å². The highest BCUT2D eigenvalue weighted by Crippen LogP contribution is 2.20. The van der Waals surface area contributed by atoms with Crippen molar-refractivity contribution in [1.82, 2.24) is 9.97 Å². The van der Waals surface area contributed by atoms with Crippen molar-refractivity contribution in [2.75, 3.05) is 11.1 Å². The van der Waals surface area contributed by atoms with Crippen LogP contribution in [0.3, 0.4) is 0 Å². The average molecular weight is 290 g/mol. The van der Waals surface area contributed by atoms with Crippen LogP contribution in [0.2, 0.25) is 0 Å². The largest absolute Gasteiger partial charge is 0.397 e. The van der Waals surface area contributed by atoms with E-state index in [2.05, 4.69) is 15.3 Å². The number of anilines is 2. The van der Waals surface area contributed by atoms with Gasteiger partial charge >= 0.3 is 0 Å². The van der Waals surface area contributed by atoms with Gasteiger partial charge in [-0.25, -0.2) is 0 Å². The number of carbonyl (C=O) groups excluding carboxylic acids is 1. The fraction of sp³-hybridized carbons (Fsp3) is 0. The van der Waals surface area contributed by atoms with Crippen LogP contribution in [0.4, 0.5) is 11.4 Å². The van der Waals surface area contributed by atoms with Crippen LogP contribution in [-0.4, -0.2) is 15.9 Å². The van der Waals surface area contributed by atoms with Crippen molar-refractivity contribution in [1.29, 1.82) is 0 Å². The number of nitrogen functional groups attached to an aromatic ring is 1. The van der Waals surface area contributed by atoms with E-state index in [0.717, 1.165) is 11.1 Å². The number of nitrogens with zero attached hydrogens (tertiary/aromatic N) is 2. The van der Waals surface area contributed by atoms with E-state index in [1.807, 2.05) is 24.3 Å². The molecule has 0 aliphatic rings. The number of hydrogen-bond donors (Lipinski definition) is 2. The zero-order chi connectivity index (χ0) is 15.4. The zero-order valence-electron chi connectivity index (χ0n) is 11.7. The summed E-state index contributed by atoms with van der Waals surface area (Å²) < 4.78 is 0. The van der Waals surface area contributed by atoms with E-state index in [4.69, 9.17) is 5.73 Å². The number of nitrogens with two attached hydrogens (primary N) is 1. The lowest BCUT2D eigenvalue weighted by atomic mass is 10.0. The number of carbonyl (C=O) groups is 1. The fourth-order valence-corrected chi connectivity index (χ4v) is 2.06. The molecule has 2 heterocycles. The van der Waals surface area contributed by atoms with Gasteiger partial charge in [0.15, 0.2) is 0 Å². The molecule has 0 spiro atoms. The van der Waals surface area contributed by atoms with E-state index in [1.165, 1.54) is 6.20 Å². The lowest BCUT2D eigenvalue weighted by Gasteiger charge is -2.08. The molecule has 22 heavy (non-hydrogen) atoms. The van der Waals surface area contributed by atoms with Gasteiger partial charge in [0.25, 0.3) is 5.91 Å². The molecule has 108 valence electrons. The number of hydrogen-bond acceptors (Lipinski definition) is 4. The van der Waals surface area contributed by atoms with Crippen molar-refractivity contribution in [3.05, 3.63) is 72.8 Å². The molecular weight excluding hydrogens is 276 g/mol. The van der Waals surface area contributed by atoms with Crippen molar-refractivity contribution in [2.45, 2.75) is 0 Å². The number of pyridine rings is 2. The smallest absolute Gasteiger partial charge is 0.255 e. The summed E-state index contributed by atoms with van der Waals surface area (Å²) in [7, 11) is 0. The van der Waals surface area contributed by atoms with Gasteiger partial charge in [-0.15, -0.1) is 0 Å². The molecule has 0 saturated heterocycles. The van der Waals surface area contributed by atoms with Crippen LogP contribution >= 0.6 is 0 Å². The van der Waals surface area contributed by atoms with E-state index in [-0.39, 0.29) is 5.91 Å². The minimum Gasteiger partial charge on any atom is -0.397 e. The second-order valence-corrected chi connectivity index (χ2v) is 4.73. The first-order valence-electron chi connectivity index (χ1n) is 6.75. The summed E-state index contributed by atoms with van der Waals surface area (Å²) in [6.45, 7) is 0. The van der Waals surface area contributed by atoms with Crippen molar-refractivity contribution in [3.63, 3.8) is 0 Å². The number of rotatable bonds is 3. The van der Waals surface area contributed by atoms with Gasteiger partial charge in [-0.2, -0.15) is 0 Å². The lowest BCUT2D eigenvalue weighted by molar-refractivity contribution is 0.102. The Labute approximate surface area is 127 Å². The summed E-state index contributed by atoms with van der Waals surface area (Å²) in [6.07, 6.45) is 6.58. The van der Waals surface area contributed by atoms with Crippen LogP contribution in [0, 0.1) is 0 Å². The van der Waals surface area contributed by atoms with Crippen LogP contribution in [0.25, 0.3) is 11.1 Å². The molecule has 0 bridgehead atoms. The lowest BCUT2D eigenvalue weighted by Crippen LogP contribution is -2.13. The molecule has 0 atom stereocenters. The quantitative estimate of drug-likeness (QED) is 0.777. The molecule has 0 saturated carbocycles. The molecule has 0 radical (unpaired) electrons. The number of nitrogens with one attached hydrogen (secondary N) is 1. The minimum absolute atomic E-state index is 0.221. The number of amides is 1. The number of benzene rings is 1. The first kappa shape index (κ1) is 13.8. The Kier molecular flexibility index (Phi) is 3.78. The summed E-state index contributed by atoms with van der Waals surface area (Å²) in [5.41, 5.74) is 9.41. The molecule has 0 fully saturated rings. The Morgan fingerprint density at radius 2 is 1.50 bits per heavy atom. The molecule has 5 heteroatoms. The van der Waals surface area contributed by atoms with E-state index >= 15 is 0 Å². The second-order valence-electron chi connectivity index (χ2n) is 4.73. The summed E-state index contributed by atoms with van der Waals surface area (Å²) >= 11 is 0. The van der Waals surface area contributed by atoms with Crippen molar-refractivity contribution >= 4 is 17.3 Å². The monoisotopic (exact) mass is 290 g/mol. The summed E-state index contributed by atoms with van der Waals surface area (Å²) in [4.78, 5) is 20.1. The maximum Gasteiger partial charge on any atom is 0.255 e. The molecule has 0 unspecified atom stereocenters. The van der Waals surface area contributed by atoms with E-state index in [9.17, 15) is 4.79 Å². The van der Waals surface area contributed by atoms with Crippen LogP contribution in [0.5, 0.6) is 0 Å². The Morgan fingerprint density at radius 3 is 2.18 bits per heavy atom. The van der Waals surface area contributed by atoms with Gasteiger partial charge in [0.1, 0.15) is 0 Å². The normalized spacial score (nSPS) is 10.2. The maximum atomic E-state index is 12.2. The van der Waals surface area contributed by atoms with Crippen LogP contribution in [0.15, 0.2) is 67.3 Å². The molecule has 0 aliphatic heterocycles. The molecule has 2 aromatic heterocycles. The Bertz CT molecular complexity index is 785. The van der Waals surface area contributed by atoms with E-state index in [1.54, 1.807) is 36.8 Å². The SMILES string of the molecule is Nc1ccncc1NC(=O)c1ccc(-c2ccncc2)cc1. The Hall–Kier alpha value is -3.21. The first-order chi connectivity index (χ1) is 10.7. The van der Waals surface area contributed by atoms with Crippen molar-refractivity contribution in [2.24, 2.45) is 0 Å². The average Bonchev–Trinajstić information content (AvgIpc) is 2.58. The number of aromatic nitrogens is 2. The minimum atomic E-state index is -0.221. The molecule has 5 nitrogen and oxygen atoms in total. The molecule has 0 aliphatic carbocycles. The maximum absolute atomic E-state index is 12.2. The van der Waals surface area contributed by atoms with Crippen molar-refractivity contribution in [3.8, 4) is 11.1 Å². The summed E-state index contributed by atoms with van der Waals surface area (Å²) in [5, 5.41) is 2.75. The van der Waals surface area contributed by atoms with Gasteiger partial charge in [-0.05, 0) is 41.5 Å². The van der Waals surface area contributed by atoms with Gasteiger partial charge in [0.2, 0.25) is 0 Å². The van der Waals surface area contributed by atoms with E-state index < -0.39 is 0 Å². The van der Waals surface area contributed by atoms with Gasteiger partial charge in [-0.1, -0.05) is 12.1 Å². The van der Waals surface area contributed by atoms with E-state index in [0.29, 0.717) is 16.9 Å². The molecule has 1 aromatic carbocycles. The first-order valence-corrected chi connectivity index (χ1v) is 6.75. The molecule has 1 amide bonds. The predicted molar refractivity (Wildman–Crippen MR) is 86.3 cm³/mol. The zero-order valence-corrected chi connectivity index (χ0v) is 11.7. The van der Waals surface area contributed by atoms with Crippen molar-refractivity contribution < 1.29 is 4.79 Å². The summed E-state index contributed by atoms with van der Waals surface area (Å²) in [5.74, 6) is -0.221. The standard InChI is InChI=1S/C17H14N4O/c18-15-7-10-20-11-16(15)21-17(22)14-3-1-12(2-4-14)13-5-8-19-9-6-13/h1-11H,(H2,18,20)(H,21,22). The molecule has 3 aromatic rings. The van der Waals surface area contributed by atoms with Gasteiger partial charge in [0.05, 0.1) is 17.6 Å². The third-order valence-electron chi connectivity index (χ3n) is 3.26. The Balaban J connectivity index is 1.78. The van der Waals surface area contributed by atoms with Gasteiger partial charge in [0, 0.05) is 24.2 Å².